The zero-order valence-corrected chi connectivity index (χ0v) is 14.3. The Morgan fingerprint density at radius 1 is 1.10 bits per heavy atom. The van der Waals surface area contributed by atoms with Gasteiger partial charge in [-0.15, -0.1) is 0 Å². The molecule has 0 aromatic heterocycles. The maximum absolute atomic E-state index is 12.1. The topological polar surface area (TPSA) is 38.8 Å². The van der Waals surface area contributed by atoms with Crippen molar-refractivity contribution < 1.29 is 4.79 Å². The molecule has 2 saturated heterocycles. The van der Waals surface area contributed by atoms with Crippen molar-refractivity contribution in [1.82, 2.24) is 20.0 Å². The van der Waals surface area contributed by atoms with Crippen molar-refractivity contribution in [2.75, 3.05) is 70.4 Å². The summed E-state index contributed by atoms with van der Waals surface area (Å²) in [4.78, 5) is 19.0. The van der Waals surface area contributed by atoms with E-state index in [1.54, 1.807) is 0 Å². The number of rotatable bonds is 5. The second-order valence-corrected chi connectivity index (χ2v) is 7.35. The number of nitrogens with one attached hydrogen (secondary N) is 1. The smallest absolute Gasteiger partial charge is 0.317 e. The third kappa shape index (κ3) is 5.68. The molecule has 122 valence electrons. The lowest BCUT2D eigenvalue weighted by atomic mass is 10.1. The summed E-state index contributed by atoms with van der Waals surface area (Å²) in [5.41, 5.74) is 0. The van der Waals surface area contributed by atoms with Crippen molar-refractivity contribution in [3.63, 3.8) is 0 Å². The SMILES string of the molecule is CCN1CCN(C[C@@H](C)CNC(=O)N2CCSCC2)CC1. The molecule has 2 heterocycles. The van der Waals surface area contributed by atoms with E-state index in [2.05, 4.69) is 29.0 Å². The number of nitrogens with zero attached hydrogens (tertiary/aromatic N) is 3. The highest BCUT2D eigenvalue weighted by Gasteiger charge is 2.19. The van der Waals surface area contributed by atoms with Crippen LogP contribution in [-0.2, 0) is 0 Å². The van der Waals surface area contributed by atoms with Crippen LogP contribution in [0.4, 0.5) is 4.79 Å². The van der Waals surface area contributed by atoms with E-state index in [0.29, 0.717) is 5.92 Å². The summed E-state index contributed by atoms with van der Waals surface area (Å²) in [7, 11) is 0. The number of carbonyl (C=O) groups is 1. The highest BCUT2D eigenvalue weighted by Crippen LogP contribution is 2.09. The summed E-state index contributed by atoms with van der Waals surface area (Å²) in [6.07, 6.45) is 0. The van der Waals surface area contributed by atoms with Gasteiger partial charge in [-0.3, -0.25) is 0 Å². The number of piperazine rings is 1. The van der Waals surface area contributed by atoms with Crippen LogP contribution < -0.4 is 5.32 Å². The lowest BCUT2D eigenvalue weighted by Gasteiger charge is -2.35. The third-order valence-corrected chi connectivity index (χ3v) is 5.32. The molecule has 6 heteroatoms. The molecular weight excluding hydrogens is 284 g/mol. The Balaban J connectivity index is 1.61. The van der Waals surface area contributed by atoms with Gasteiger partial charge in [0.05, 0.1) is 0 Å². The Bertz CT molecular complexity index is 315. The molecule has 0 aliphatic carbocycles. The molecule has 1 atom stereocenters. The van der Waals surface area contributed by atoms with E-state index < -0.39 is 0 Å². The van der Waals surface area contributed by atoms with Gasteiger partial charge in [-0.25, -0.2) is 4.79 Å². The first-order valence-corrected chi connectivity index (χ1v) is 9.39. The molecule has 2 aliphatic rings. The maximum atomic E-state index is 12.1. The number of thioether (sulfide) groups is 1. The average Bonchev–Trinajstić information content (AvgIpc) is 2.54. The van der Waals surface area contributed by atoms with Crippen molar-refractivity contribution in [2.24, 2.45) is 5.92 Å². The van der Waals surface area contributed by atoms with Gasteiger partial charge in [-0.2, -0.15) is 11.8 Å². The Hall–Kier alpha value is -0.460. The van der Waals surface area contributed by atoms with E-state index in [1.807, 2.05) is 16.7 Å². The molecule has 0 aromatic rings. The first-order chi connectivity index (χ1) is 10.2. The van der Waals surface area contributed by atoms with Gasteiger partial charge in [-0.05, 0) is 12.5 Å². The molecule has 5 nitrogen and oxygen atoms in total. The lowest BCUT2D eigenvalue weighted by Crippen LogP contribution is -2.49. The summed E-state index contributed by atoms with van der Waals surface area (Å²) in [6, 6.07) is 0.123. The Morgan fingerprint density at radius 2 is 1.71 bits per heavy atom. The molecule has 1 N–H and O–H groups in total. The number of hydrogen-bond donors (Lipinski definition) is 1. The minimum absolute atomic E-state index is 0.123. The molecule has 2 rings (SSSR count). The molecule has 2 aliphatic heterocycles. The predicted octanol–water partition coefficient (Wildman–Crippen LogP) is 1.02. The van der Waals surface area contributed by atoms with Crippen molar-refractivity contribution >= 4 is 17.8 Å². The van der Waals surface area contributed by atoms with Gasteiger partial charge in [0.2, 0.25) is 0 Å². The maximum Gasteiger partial charge on any atom is 0.317 e. The fourth-order valence-corrected chi connectivity index (χ4v) is 3.84. The van der Waals surface area contributed by atoms with Crippen LogP contribution in [0.1, 0.15) is 13.8 Å². The zero-order chi connectivity index (χ0) is 15.1. The van der Waals surface area contributed by atoms with E-state index in [-0.39, 0.29) is 6.03 Å². The summed E-state index contributed by atoms with van der Waals surface area (Å²) in [6.45, 7) is 14.0. The number of carbonyl (C=O) groups excluding carboxylic acids is 1. The van der Waals surface area contributed by atoms with E-state index in [1.165, 1.54) is 13.1 Å². The fourth-order valence-electron chi connectivity index (χ4n) is 2.93. The molecule has 0 aromatic carbocycles. The molecule has 0 unspecified atom stereocenters. The second kappa shape index (κ2) is 8.86. The largest absolute Gasteiger partial charge is 0.338 e. The minimum atomic E-state index is 0.123. The van der Waals surface area contributed by atoms with Gasteiger partial charge in [0.15, 0.2) is 0 Å². The van der Waals surface area contributed by atoms with Crippen LogP contribution >= 0.6 is 11.8 Å². The van der Waals surface area contributed by atoms with Crippen molar-refractivity contribution in [3.05, 3.63) is 0 Å². The van der Waals surface area contributed by atoms with Crippen molar-refractivity contribution in [3.8, 4) is 0 Å². The third-order valence-electron chi connectivity index (χ3n) is 4.38. The first-order valence-electron chi connectivity index (χ1n) is 8.24. The summed E-state index contributed by atoms with van der Waals surface area (Å²) < 4.78 is 0. The molecule has 2 amide bonds. The number of amides is 2. The van der Waals surface area contributed by atoms with Gasteiger partial charge in [0.1, 0.15) is 0 Å². The number of urea groups is 1. The minimum Gasteiger partial charge on any atom is -0.338 e. The normalized spacial score (nSPS) is 23.0. The van der Waals surface area contributed by atoms with Crippen LogP contribution in [0.3, 0.4) is 0 Å². The zero-order valence-electron chi connectivity index (χ0n) is 13.5. The molecular formula is C15H30N4OS. The van der Waals surface area contributed by atoms with Crippen LogP contribution in [-0.4, -0.2) is 91.1 Å². The molecule has 2 fully saturated rings. The van der Waals surface area contributed by atoms with Gasteiger partial charge in [-0.1, -0.05) is 13.8 Å². The van der Waals surface area contributed by atoms with Crippen LogP contribution in [0.2, 0.25) is 0 Å². The summed E-state index contributed by atoms with van der Waals surface area (Å²) in [5, 5.41) is 3.10. The standard InChI is InChI=1S/C15H30N4OS/c1-3-17-4-6-18(7-5-17)13-14(2)12-16-15(20)19-8-10-21-11-9-19/h14H,3-13H2,1-2H3,(H,16,20)/t14-/m0/s1. The molecule has 0 spiro atoms. The molecule has 21 heavy (non-hydrogen) atoms. The van der Waals surface area contributed by atoms with E-state index in [9.17, 15) is 4.79 Å². The van der Waals surface area contributed by atoms with Gasteiger partial charge in [0.25, 0.3) is 0 Å². The average molecular weight is 314 g/mol. The van der Waals surface area contributed by atoms with Crippen LogP contribution in [0.5, 0.6) is 0 Å². The van der Waals surface area contributed by atoms with Crippen LogP contribution in [0.25, 0.3) is 0 Å². The van der Waals surface area contributed by atoms with Crippen LogP contribution in [0.15, 0.2) is 0 Å². The molecule has 0 bridgehead atoms. The molecule has 0 saturated carbocycles. The van der Waals surface area contributed by atoms with Gasteiger partial charge in [0, 0.05) is 63.9 Å². The van der Waals surface area contributed by atoms with E-state index in [0.717, 1.165) is 57.3 Å². The van der Waals surface area contributed by atoms with E-state index in [4.69, 9.17) is 0 Å². The monoisotopic (exact) mass is 314 g/mol. The number of hydrogen-bond acceptors (Lipinski definition) is 4. The Kier molecular flexibility index (Phi) is 7.13. The van der Waals surface area contributed by atoms with E-state index >= 15 is 0 Å². The lowest BCUT2D eigenvalue weighted by molar-refractivity contribution is 0.123. The molecule has 0 radical (unpaired) electrons. The van der Waals surface area contributed by atoms with Crippen molar-refractivity contribution in [2.45, 2.75) is 13.8 Å². The second-order valence-electron chi connectivity index (χ2n) is 6.13. The quantitative estimate of drug-likeness (QED) is 0.822. The predicted molar refractivity (Wildman–Crippen MR) is 90.0 cm³/mol. The first kappa shape index (κ1) is 16.9. The Morgan fingerprint density at radius 3 is 2.33 bits per heavy atom. The summed E-state index contributed by atoms with van der Waals surface area (Å²) >= 11 is 1.93. The highest BCUT2D eigenvalue weighted by molar-refractivity contribution is 7.99. The van der Waals surface area contributed by atoms with Crippen molar-refractivity contribution in [1.29, 1.82) is 0 Å². The Labute approximate surface area is 133 Å². The van der Waals surface area contributed by atoms with Gasteiger partial charge >= 0.3 is 6.03 Å². The van der Waals surface area contributed by atoms with Crippen LogP contribution in [0, 0.1) is 5.92 Å². The summed E-state index contributed by atoms with van der Waals surface area (Å²) in [5.74, 6) is 2.66. The van der Waals surface area contributed by atoms with Gasteiger partial charge < -0.3 is 20.0 Å². The fraction of sp³-hybridized carbons (Fsp3) is 0.933. The highest BCUT2D eigenvalue weighted by atomic mass is 32.2. The number of likely N-dealkylation sites (N-methyl/N-ethyl adjacent to an activating group) is 1.